The van der Waals surface area contributed by atoms with Crippen LogP contribution in [-0.2, 0) is 16.6 Å². The quantitative estimate of drug-likeness (QED) is 0.774. The van der Waals surface area contributed by atoms with Gasteiger partial charge in [0, 0.05) is 28.7 Å². The number of rotatable bonds is 4. The third-order valence-electron chi connectivity index (χ3n) is 3.26. The molecule has 2 N–H and O–H groups in total. The monoisotopic (exact) mass is 320 g/mol. The predicted octanol–water partition coefficient (Wildman–Crippen LogP) is 3.30. The standard InChI is InChI=1S/C15H13ClN2O2S/c16-12-4-6-13(7-5-12)21(19,20)18-10-11-2-1-3-15-14(11)8-9-17-15/h1-9,17-18H,10H2. The lowest BCUT2D eigenvalue weighted by molar-refractivity contribution is 0.581. The van der Waals surface area contributed by atoms with Crippen molar-refractivity contribution in [3.63, 3.8) is 0 Å². The van der Waals surface area contributed by atoms with Crippen molar-refractivity contribution < 1.29 is 8.42 Å². The summed E-state index contributed by atoms with van der Waals surface area (Å²) in [6.45, 7) is 0.236. The minimum absolute atomic E-state index is 0.202. The van der Waals surface area contributed by atoms with Crippen LogP contribution in [0.3, 0.4) is 0 Å². The first-order chi connectivity index (χ1) is 10.1. The van der Waals surface area contributed by atoms with Crippen LogP contribution in [0.5, 0.6) is 0 Å². The summed E-state index contributed by atoms with van der Waals surface area (Å²) in [5.41, 5.74) is 1.91. The molecule has 108 valence electrons. The van der Waals surface area contributed by atoms with Gasteiger partial charge in [-0.25, -0.2) is 13.1 Å². The lowest BCUT2D eigenvalue weighted by Crippen LogP contribution is -2.23. The molecule has 6 heteroatoms. The molecule has 3 aromatic rings. The average molecular weight is 321 g/mol. The van der Waals surface area contributed by atoms with Crippen molar-refractivity contribution in [3.05, 3.63) is 65.3 Å². The molecule has 0 atom stereocenters. The van der Waals surface area contributed by atoms with E-state index in [0.717, 1.165) is 16.5 Å². The Morgan fingerprint density at radius 3 is 2.57 bits per heavy atom. The Labute approximate surface area is 127 Å². The number of hydrogen-bond donors (Lipinski definition) is 2. The zero-order chi connectivity index (χ0) is 14.9. The number of fused-ring (bicyclic) bond motifs is 1. The maximum absolute atomic E-state index is 12.2. The molecule has 0 spiro atoms. The first kappa shape index (κ1) is 14.1. The topological polar surface area (TPSA) is 62.0 Å². The summed E-state index contributed by atoms with van der Waals surface area (Å²) in [5, 5.41) is 1.52. The molecule has 1 aromatic heterocycles. The number of halogens is 1. The van der Waals surface area contributed by atoms with E-state index in [-0.39, 0.29) is 11.4 Å². The van der Waals surface area contributed by atoms with E-state index >= 15 is 0 Å². The largest absolute Gasteiger partial charge is 0.361 e. The van der Waals surface area contributed by atoms with Crippen LogP contribution in [-0.4, -0.2) is 13.4 Å². The summed E-state index contributed by atoms with van der Waals surface area (Å²) >= 11 is 5.77. The highest BCUT2D eigenvalue weighted by Gasteiger charge is 2.14. The van der Waals surface area contributed by atoms with Gasteiger partial charge in [0.1, 0.15) is 0 Å². The van der Waals surface area contributed by atoms with Crippen molar-refractivity contribution in [1.82, 2.24) is 9.71 Å². The Hall–Kier alpha value is -1.82. The second-order valence-corrected chi connectivity index (χ2v) is 6.84. The second-order valence-electron chi connectivity index (χ2n) is 4.63. The summed E-state index contributed by atoms with van der Waals surface area (Å²) in [5.74, 6) is 0. The normalized spacial score (nSPS) is 11.9. The van der Waals surface area contributed by atoms with Crippen LogP contribution in [0.2, 0.25) is 5.02 Å². The molecule has 4 nitrogen and oxygen atoms in total. The maximum Gasteiger partial charge on any atom is 0.240 e. The fraction of sp³-hybridized carbons (Fsp3) is 0.0667. The SMILES string of the molecule is O=S(=O)(NCc1cccc2[nH]ccc12)c1ccc(Cl)cc1. The molecular formula is C15H13ClN2O2S. The first-order valence-corrected chi connectivity index (χ1v) is 8.22. The van der Waals surface area contributed by atoms with Crippen molar-refractivity contribution >= 4 is 32.5 Å². The highest BCUT2D eigenvalue weighted by molar-refractivity contribution is 7.89. The summed E-state index contributed by atoms with van der Waals surface area (Å²) in [7, 11) is -3.55. The van der Waals surface area contributed by atoms with Crippen molar-refractivity contribution in [3.8, 4) is 0 Å². The van der Waals surface area contributed by atoms with Crippen LogP contribution in [0.15, 0.2) is 59.6 Å². The molecule has 0 amide bonds. The number of aromatic amines is 1. The molecule has 0 saturated carbocycles. The predicted molar refractivity (Wildman–Crippen MR) is 83.8 cm³/mol. The molecule has 0 bridgehead atoms. The molecule has 21 heavy (non-hydrogen) atoms. The Morgan fingerprint density at radius 1 is 1.05 bits per heavy atom. The van der Waals surface area contributed by atoms with Crippen molar-refractivity contribution in [2.45, 2.75) is 11.4 Å². The Balaban J connectivity index is 1.83. The van der Waals surface area contributed by atoms with Gasteiger partial charge in [-0.1, -0.05) is 23.7 Å². The van der Waals surface area contributed by atoms with Crippen molar-refractivity contribution in [2.24, 2.45) is 0 Å². The van der Waals surface area contributed by atoms with E-state index in [1.807, 2.05) is 30.5 Å². The molecule has 2 aromatic carbocycles. The third-order valence-corrected chi connectivity index (χ3v) is 4.93. The fourth-order valence-corrected chi connectivity index (χ4v) is 3.31. The molecule has 0 unspecified atom stereocenters. The molecule has 1 heterocycles. The summed E-state index contributed by atoms with van der Waals surface area (Å²) < 4.78 is 27.1. The van der Waals surface area contributed by atoms with E-state index in [9.17, 15) is 8.42 Å². The minimum Gasteiger partial charge on any atom is -0.361 e. The molecule has 0 aliphatic heterocycles. The van der Waals surface area contributed by atoms with E-state index < -0.39 is 10.0 Å². The Bertz CT molecular complexity index is 870. The van der Waals surface area contributed by atoms with E-state index in [0.29, 0.717) is 5.02 Å². The molecule has 0 fully saturated rings. The molecule has 3 rings (SSSR count). The van der Waals surface area contributed by atoms with E-state index in [1.54, 1.807) is 12.1 Å². The van der Waals surface area contributed by atoms with Gasteiger partial charge < -0.3 is 4.98 Å². The average Bonchev–Trinajstić information content (AvgIpc) is 2.94. The zero-order valence-corrected chi connectivity index (χ0v) is 12.6. The van der Waals surface area contributed by atoms with Gasteiger partial charge in [-0.2, -0.15) is 0 Å². The van der Waals surface area contributed by atoms with Crippen LogP contribution >= 0.6 is 11.6 Å². The second kappa shape index (κ2) is 5.52. The fourth-order valence-electron chi connectivity index (χ4n) is 2.17. The Kier molecular flexibility index (Phi) is 3.71. The van der Waals surface area contributed by atoms with Crippen LogP contribution < -0.4 is 4.72 Å². The molecule has 0 aliphatic carbocycles. The Morgan fingerprint density at radius 2 is 1.81 bits per heavy atom. The van der Waals surface area contributed by atoms with Gasteiger partial charge in [0.2, 0.25) is 10.0 Å². The van der Waals surface area contributed by atoms with E-state index in [4.69, 9.17) is 11.6 Å². The highest BCUT2D eigenvalue weighted by Crippen LogP contribution is 2.18. The molecular weight excluding hydrogens is 308 g/mol. The number of aromatic nitrogens is 1. The summed E-state index contributed by atoms with van der Waals surface area (Å²) in [6, 6.07) is 13.8. The highest BCUT2D eigenvalue weighted by atomic mass is 35.5. The molecule has 0 radical (unpaired) electrons. The van der Waals surface area contributed by atoms with Crippen LogP contribution in [0.1, 0.15) is 5.56 Å². The lowest BCUT2D eigenvalue weighted by Gasteiger charge is -2.08. The smallest absolute Gasteiger partial charge is 0.240 e. The molecule has 0 aliphatic rings. The summed E-state index contributed by atoms with van der Waals surface area (Å²) in [4.78, 5) is 3.31. The van der Waals surface area contributed by atoms with Gasteiger partial charge in [0.15, 0.2) is 0 Å². The molecule has 0 saturated heterocycles. The number of H-pyrrole nitrogens is 1. The van der Waals surface area contributed by atoms with Crippen LogP contribution in [0.25, 0.3) is 10.9 Å². The van der Waals surface area contributed by atoms with Gasteiger partial charge in [0.25, 0.3) is 0 Å². The van der Waals surface area contributed by atoms with Gasteiger partial charge in [-0.3, -0.25) is 0 Å². The van der Waals surface area contributed by atoms with Crippen molar-refractivity contribution in [2.75, 3.05) is 0 Å². The van der Waals surface area contributed by atoms with Crippen LogP contribution in [0.4, 0.5) is 0 Å². The van der Waals surface area contributed by atoms with Crippen molar-refractivity contribution in [1.29, 1.82) is 0 Å². The van der Waals surface area contributed by atoms with Crippen LogP contribution in [0, 0.1) is 0 Å². The zero-order valence-electron chi connectivity index (χ0n) is 11.0. The lowest BCUT2D eigenvalue weighted by atomic mass is 10.1. The number of sulfonamides is 1. The van der Waals surface area contributed by atoms with Gasteiger partial charge in [0.05, 0.1) is 4.90 Å². The number of benzene rings is 2. The maximum atomic E-state index is 12.2. The number of nitrogens with one attached hydrogen (secondary N) is 2. The van der Waals surface area contributed by atoms with E-state index in [1.165, 1.54) is 12.1 Å². The van der Waals surface area contributed by atoms with Gasteiger partial charge >= 0.3 is 0 Å². The number of hydrogen-bond acceptors (Lipinski definition) is 2. The third kappa shape index (κ3) is 2.95. The van der Waals surface area contributed by atoms with Gasteiger partial charge in [-0.15, -0.1) is 0 Å². The summed E-state index contributed by atoms with van der Waals surface area (Å²) in [6.07, 6.45) is 1.84. The minimum atomic E-state index is -3.55. The van der Waals surface area contributed by atoms with E-state index in [2.05, 4.69) is 9.71 Å². The van der Waals surface area contributed by atoms with Gasteiger partial charge in [-0.05, 0) is 42.0 Å². The first-order valence-electron chi connectivity index (χ1n) is 6.36.